The Kier molecular flexibility index (Phi) is 3.83. The Morgan fingerprint density at radius 3 is 2.48 bits per heavy atom. The number of aromatic nitrogens is 1. The van der Waals surface area contributed by atoms with Gasteiger partial charge in [-0.3, -0.25) is 14.6 Å². The maximum absolute atomic E-state index is 12.5. The van der Waals surface area contributed by atoms with Crippen LogP contribution in [0.5, 0.6) is 0 Å². The number of alkyl halides is 3. The van der Waals surface area contributed by atoms with Crippen molar-refractivity contribution in [3.63, 3.8) is 0 Å². The largest absolute Gasteiger partial charge is 0.443 e. The summed E-state index contributed by atoms with van der Waals surface area (Å²) < 4.78 is 37.6. The van der Waals surface area contributed by atoms with Gasteiger partial charge in [-0.25, -0.2) is 9.78 Å². The number of hydrogen-bond acceptors (Lipinski definition) is 5. The molecule has 1 spiro atoms. The van der Waals surface area contributed by atoms with E-state index in [1.54, 1.807) is 0 Å². The molecule has 6 nitrogen and oxygen atoms in total. The molecular formula is C13H15F3N4O2S. The van der Waals surface area contributed by atoms with Crippen LogP contribution in [0.4, 0.5) is 18.0 Å². The summed E-state index contributed by atoms with van der Waals surface area (Å²) in [4.78, 5) is 30.4. The maximum atomic E-state index is 12.5. The molecule has 126 valence electrons. The van der Waals surface area contributed by atoms with Gasteiger partial charge in [0.1, 0.15) is 5.54 Å². The fourth-order valence-corrected chi connectivity index (χ4v) is 3.60. The molecule has 10 heteroatoms. The molecule has 1 N–H and O–H groups in total. The number of halogens is 3. The quantitative estimate of drug-likeness (QED) is 0.826. The van der Waals surface area contributed by atoms with Crippen LogP contribution in [-0.2, 0) is 17.5 Å². The van der Waals surface area contributed by atoms with Crippen LogP contribution in [-0.4, -0.2) is 52.4 Å². The molecule has 3 heterocycles. The van der Waals surface area contributed by atoms with Crippen molar-refractivity contribution in [2.24, 2.45) is 0 Å². The second kappa shape index (κ2) is 5.45. The lowest BCUT2D eigenvalue weighted by atomic mass is 9.87. The Labute approximate surface area is 134 Å². The lowest BCUT2D eigenvalue weighted by Crippen LogP contribution is -2.54. The Hall–Kier alpha value is -1.68. The van der Waals surface area contributed by atoms with Gasteiger partial charge in [0.05, 0.1) is 5.69 Å². The van der Waals surface area contributed by atoms with Gasteiger partial charge in [-0.1, -0.05) is 0 Å². The zero-order valence-electron chi connectivity index (χ0n) is 12.3. The van der Waals surface area contributed by atoms with E-state index in [1.165, 1.54) is 12.4 Å². The van der Waals surface area contributed by atoms with Crippen molar-refractivity contribution in [2.75, 3.05) is 20.1 Å². The molecule has 1 aromatic heterocycles. The number of imide groups is 1. The molecule has 0 bridgehead atoms. The van der Waals surface area contributed by atoms with Crippen molar-refractivity contribution in [1.29, 1.82) is 0 Å². The minimum absolute atomic E-state index is 0.241. The molecule has 2 aliphatic heterocycles. The van der Waals surface area contributed by atoms with Crippen LogP contribution in [0.3, 0.4) is 0 Å². The Morgan fingerprint density at radius 2 is 2.00 bits per heavy atom. The molecule has 3 amide bonds. The highest BCUT2D eigenvalue weighted by Gasteiger charge is 2.50. The predicted octanol–water partition coefficient (Wildman–Crippen LogP) is 1.68. The molecule has 2 fully saturated rings. The first kappa shape index (κ1) is 16.2. The van der Waals surface area contributed by atoms with E-state index in [9.17, 15) is 22.8 Å². The summed E-state index contributed by atoms with van der Waals surface area (Å²) in [6.07, 6.45) is -3.53. The monoisotopic (exact) mass is 348 g/mol. The number of urea groups is 1. The lowest BCUT2D eigenvalue weighted by molar-refractivity contribution is -0.137. The fraction of sp³-hybridized carbons (Fsp3) is 0.615. The molecule has 23 heavy (non-hydrogen) atoms. The first-order valence-corrected chi connectivity index (χ1v) is 7.93. The van der Waals surface area contributed by atoms with Gasteiger partial charge in [-0.05, 0) is 12.8 Å². The third-order valence-electron chi connectivity index (χ3n) is 4.25. The van der Waals surface area contributed by atoms with Crippen LogP contribution in [0.1, 0.15) is 23.5 Å². The number of hydrogen-bond donors (Lipinski definition) is 1. The summed E-state index contributed by atoms with van der Waals surface area (Å²) in [6.45, 7) is 1.33. The maximum Gasteiger partial charge on any atom is 0.443 e. The highest BCUT2D eigenvalue weighted by molar-refractivity contribution is 7.09. The Morgan fingerprint density at radius 1 is 1.35 bits per heavy atom. The number of carbonyl (C=O) groups is 2. The number of amides is 3. The topological polar surface area (TPSA) is 65.5 Å². The van der Waals surface area contributed by atoms with Crippen LogP contribution >= 0.6 is 11.3 Å². The van der Waals surface area contributed by atoms with Crippen LogP contribution < -0.4 is 5.32 Å². The molecule has 0 atom stereocenters. The average Bonchev–Trinajstić information content (AvgIpc) is 3.03. The minimum Gasteiger partial charge on any atom is -0.323 e. The molecule has 0 unspecified atom stereocenters. The van der Waals surface area contributed by atoms with Crippen LogP contribution in [0.15, 0.2) is 5.38 Å². The smallest absolute Gasteiger partial charge is 0.323 e. The van der Waals surface area contributed by atoms with E-state index in [1.807, 2.05) is 4.90 Å². The number of likely N-dealkylation sites (tertiary alicyclic amines) is 1. The number of likely N-dealkylation sites (N-methyl/N-ethyl adjacent to an activating group) is 1. The molecule has 2 saturated heterocycles. The zero-order chi connectivity index (χ0) is 16.8. The standard InChI is InChI=1S/C13H15F3N4O2S/c1-19-10(21)12(18-11(19)22)2-4-20(5-3-12)6-8-7-23-9(17-8)13(14,15)16/h7H,2-6H2,1H3,(H,18,22). The van der Waals surface area contributed by atoms with E-state index in [0.717, 1.165) is 4.90 Å². The molecule has 2 aliphatic rings. The number of carbonyl (C=O) groups excluding carboxylic acids is 2. The SMILES string of the molecule is CN1C(=O)NC2(CCN(Cc3csc(C(F)(F)F)n3)CC2)C1=O. The number of thiazole rings is 1. The molecule has 0 radical (unpaired) electrons. The molecule has 3 rings (SSSR count). The number of nitrogens with zero attached hydrogens (tertiary/aromatic N) is 3. The molecule has 0 aliphatic carbocycles. The van der Waals surface area contributed by atoms with Gasteiger partial charge < -0.3 is 5.32 Å². The van der Waals surface area contributed by atoms with E-state index in [-0.39, 0.29) is 5.91 Å². The predicted molar refractivity (Wildman–Crippen MR) is 75.7 cm³/mol. The van der Waals surface area contributed by atoms with E-state index in [2.05, 4.69) is 10.3 Å². The summed E-state index contributed by atoms with van der Waals surface area (Å²) in [7, 11) is 1.44. The van der Waals surface area contributed by atoms with Gasteiger partial charge in [0, 0.05) is 32.1 Å². The second-order valence-corrected chi connectivity index (χ2v) is 6.65. The summed E-state index contributed by atoms with van der Waals surface area (Å²) >= 11 is 0.584. The summed E-state index contributed by atoms with van der Waals surface area (Å²) in [6, 6.07) is -0.405. The van der Waals surface area contributed by atoms with Crippen molar-refractivity contribution in [2.45, 2.75) is 31.1 Å². The number of piperidine rings is 1. The summed E-state index contributed by atoms with van der Waals surface area (Å²) in [5.41, 5.74) is -0.487. The first-order valence-electron chi connectivity index (χ1n) is 7.05. The fourth-order valence-electron chi connectivity index (χ4n) is 2.93. The normalized spacial score (nSPS) is 22.0. The van der Waals surface area contributed by atoms with E-state index in [0.29, 0.717) is 49.5 Å². The highest BCUT2D eigenvalue weighted by atomic mass is 32.1. The third kappa shape index (κ3) is 2.92. The van der Waals surface area contributed by atoms with Gasteiger partial charge >= 0.3 is 12.2 Å². The zero-order valence-corrected chi connectivity index (χ0v) is 13.1. The first-order chi connectivity index (χ1) is 10.7. The number of rotatable bonds is 2. The van der Waals surface area contributed by atoms with Crippen LogP contribution in [0, 0.1) is 0 Å². The van der Waals surface area contributed by atoms with Crippen molar-refractivity contribution < 1.29 is 22.8 Å². The van der Waals surface area contributed by atoms with E-state index >= 15 is 0 Å². The Balaban J connectivity index is 1.61. The minimum atomic E-state index is -4.42. The summed E-state index contributed by atoms with van der Waals surface area (Å²) in [5, 5.41) is 3.29. The van der Waals surface area contributed by atoms with E-state index in [4.69, 9.17) is 0 Å². The lowest BCUT2D eigenvalue weighted by Gasteiger charge is -2.36. The van der Waals surface area contributed by atoms with Gasteiger partial charge in [0.25, 0.3) is 5.91 Å². The highest BCUT2D eigenvalue weighted by Crippen LogP contribution is 2.33. The van der Waals surface area contributed by atoms with Crippen molar-refractivity contribution >= 4 is 23.3 Å². The van der Waals surface area contributed by atoms with Crippen molar-refractivity contribution in [1.82, 2.24) is 20.1 Å². The second-order valence-electron chi connectivity index (χ2n) is 5.79. The summed E-state index contributed by atoms with van der Waals surface area (Å²) in [5.74, 6) is -0.241. The van der Waals surface area contributed by atoms with E-state index < -0.39 is 22.8 Å². The molecule has 1 aromatic rings. The number of nitrogens with one attached hydrogen (secondary N) is 1. The van der Waals surface area contributed by atoms with Crippen molar-refractivity contribution in [3.8, 4) is 0 Å². The van der Waals surface area contributed by atoms with Crippen LogP contribution in [0.25, 0.3) is 0 Å². The molecule has 0 saturated carbocycles. The van der Waals surface area contributed by atoms with Gasteiger partial charge in [0.15, 0.2) is 5.01 Å². The van der Waals surface area contributed by atoms with Gasteiger partial charge in [-0.2, -0.15) is 13.2 Å². The average molecular weight is 348 g/mol. The van der Waals surface area contributed by atoms with Gasteiger partial charge in [0.2, 0.25) is 0 Å². The van der Waals surface area contributed by atoms with Gasteiger partial charge in [-0.15, -0.1) is 11.3 Å². The van der Waals surface area contributed by atoms with Crippen molar-refractivity contribution in [3.05, 3.63) is 16.1 Å². The third-order valence-corrected chi connectivity index (χ3v) is 5.19. The van der Waals surface area contributed by atoms with Crippen LogP contribution in [0.2, 0.25) is 0 Å². The Bertz CT molecular complexity index is 637. The molecular weight excluding hydrogens is 333 g/mol. The molecule has 0 aromatic carbocycles.